The van der Waals surface area contributed by atoms with E-state index in [1.54, 1.807) is 5.57 Å². The van der Waals surface area contributed by atoms with E-state index < -0.39 is 0 Å². The molecule has 1 N–H and O–H groups in total. The number of nitrogens with zero attached hydrogens (tertiary/aromatic N) is 2. The van der Waals surface area contributed by atoms with Crippen molar-refractivity contribution < 1.29 is 9.53 Å². The first kappa shape index (κ1) is 21.2. The van der Waals surface area contributed by atoms with Crippen molar-refractivity contribution in [3.8, 4) is 5.75 Å². The molecule has 5 nitrogen and oxygen atoms in total. The zero-order chi connectivity index (χ0) is 23.7. The van der Waals surface area contributed by atoms with Crippen molar-refractivity contribution in [2.75, 3.05) is 11.4 Å². The minimum absolute atomic E-state index is 0.0388. The van der Waals surface area contributed by atoms with Gasteiger partial charge in [-0.3, -0.25) is 9.88 Å². The monoisotopic (exact) mass is 467 g/mol. The van der Waals surface area contributed by atoms with E-state index in [2.05, 4.69) is 54.5 Å². The van der Waals surface area contributed by atoms with Crippen LogP contribution < -0.4 is 15.0 Å². The van der Waals surface area contributed by atoms with Crippen molar-refractivity contribution in [1.82, 2.24) is 10.3 Å². The van der Waals surface area contributed by atoms with E-state index in [4.69, 9.17) is 4.74 Å². The standard InChI is InChI=1S/C30H33N3O2/c1-18-4-3-13-31-28(18)26-12-8-20-7-11-22(14-27(20)35-26)33-17-24-23(19-5-6-19)15-30(2,21-9-10-21)16-25(24)32-29(33)34/h3-4,7,11,13-14,16,19,21,26H,5-6,8-10,12,15,17H2,1-2H3,(H,32,34). The summed E-state index contributed by atoms with van der Waals surface area (Å²) in [6.07, 6.45) is 12.4. The molecule has 5 aliphatic rings. The average molecular weight is 468 g/mol. The number of aromatic nitrogens is 1. The third-order valence-corrected chi connectivity index (χ3v) is 8.80. The molecule has 5 heteroatoms. The number of anilines is 1. The lowest BCUT2D eigenvalue weighted by atomic mass is 9.71. The molecular formula is C30H33N3O2. The van der Waals surface area contributed by atoms with Gasteiger partial charge in [0.25, 0.3) is 0 Å². The van der Waals surface area contributed by atoms with Crippen LogP contribution in [-0.2, 0) is 6.42 Å². The molecule has 2 unspecified atom stereocenters. The van der Waals surface area contributed by atoms with Crippen LogP contribution in [0.2, 0.25) is 0 Å². The summed E-state index contributed by atoms with van der Waals surface area (Å²) in [5.41, 5.74) is 8.49. The molecule has 0 spiro atoms. The number of benzene rings is 1. The number of ether oxygens (including phenoxy) is 1. The second-order valence-corrected chi connectivity index (χ2v) is 11.5. The molecule has 2 atom stereocenters. The number of pyridine rings is 1. The van der Waals surface area contributed by atoms with E-state index in [-0.39, 0.29) is 17.6 Å². The van der Waals surface area contributed by atoms with Gasteiger partial charge in [0.1, 0.15) is 11.9 Å². The Balaban J connectivity index is 1.19. The van der Waals surface area contributed by atoms with Gasteiger partial charge in [0.05, 0.1) is 12.2 Å². The lowest BCUT2D eigenvalue weighted by molar-refractivity contribution is 0.171. The summed E-state index contributed by atoms with van der Waals surface area (Å²) >= 11 is 0. The van der Waals surface area contributed by atoms with E-state index in [0.29, 0.717) is 12.5 Å². The van der Waals surface area contributed by atoms with Gasteiger partial charge < -0.3 is 10.1 Å². The number of carbonyl (C=O) groups is 1. The molecule has 1 aromatic heterocycles. The third kappa shape index (κ3) is 3.67. The van der Waals surface area contributed by atoms with Crippen molar-refractivity contribution >= 4 is 11.7 Å². The molecule has 1 saturated heterocycles. The molecule has 0 bridgehead atoms. The van der Waals surface area contributed by atoms with Gasteiger partial charge in [0.2, 0.25) is 0 Å². The highest BCUT2D eigenvalue weighted by Crippen LogP contribution is 2.56. The summed E-state index contributed by atoms with van der Waals surface area (Å²) in [7, 11) is 0. The first-order valence-electron chi connectivity index (χ1n) is 13.2. The molecule has 1 aromatic carbocycles. The Morgan fingerprint density at radius 1 is 1.14 bits per heavy atom. The summed E-state index contributed by atoms with van der Waals surface area (Å²) in [5.74, 6) is 2.35. The number of carbonyl (C=O) groups excluding carboxylic acids is 1. The van der Waals surface area contributed by atoms with Crippen molar-refractivity contribution in [2.24, 2.45) is 17.3 Å². The number of urea groups is 1. The van der Waals surface area contributed by atoms with E-state index >= 15 is 0 Å². The molecule has 2 aromatic rings. The quantitative estimate of drug-likeness (QED) is 0.566. The SMILES string of the molecule is Cc1cccnc1C1CCc2ccc(N3CC4=C(C5CC5)CC(C)(C5CC5)C=C4NC3=O)cc2O1. The van der Waals surface area contributed by atoms with Gasteiger partial charge in [0.15, 0.2) is 0 Å². The number of amides is 2. The summed E-state index contributed by atoms with van der Waals surface area (Å²) in [6.45, 7) is 5.13. The van der Waals surface area contributed by atoms with Crippen molar-refractivity contribution in [3.05, 3.63) is 76.3 Å². The molecule has 2 amide bonds. The predicted octanol–water partition coefficient (Wildman–Crippen LogP) is 6.40. The van der Waals surface area contributed by atoms with Crippen LogP contribution in [0.5, 0.6) is 5.75 Å². The van der Waals surface area contributed by atoms with Crippen molar-refractivity contribution in [2.45, 2.75) is 64.9 Å². The van der Waals surface area contributed by atoms with E-state index in [1.165, 1.54) is 36.8 Å². The molecule has 2 saturated carbocycles. The van der Waals surface area contributed by atoms with Gasteiger partial charge in [-0.15, -0.1) is 0 Å². The lowest BCUT2D eigenvalue weighted by Gasteiger charge is -2.40. The molecular weight excluding hydrogens is 434 g/mol. The number of aryl methyl sites for hydroxylation is 2. The molecule has 3 fully saturated rings. The Morgan fingerprint density at radius 3 is 2.77 bits per heavy atom. The van der Waals surface area contributed by atoms with Crippen LogP contribution in [0.1, 0.15) is 68.4 Å². The fourth-order valence-electron chi connectivity index (χ4n) is 6.46. The maximum atomic E-state index is 13.3. The van der Waals surface area contributed by atoms with Crippen LogP contribution in [0.4, 0.5) is 10.5 Å². The highest BCUT2D eigenvalue weighted by molar-refractivity contribution is 5.96. The van der Waals surface area contributed by atoms with E-state index in [0.717, 1.165) is 53.6 Å². The largest absolute Gasteiger partial charge is 0.484 e. The van der Waals surface area contributed by atoms with Crippen LogP contribution in [0.15, 0.2) is 59.4 Å². The van der Waals surface area contributed by atoms with Crippen LogP contribution in [0, 0.1) is 24.2 Å². The first-order chi connectivity index (χ1) is 17.0. The summed E-state index contributed by atoms with van der Waals surface area (Å²) in [5, 5.41) is 3.28. The van der Waals surface area contributed by atoms with Gasteiger partial charge in [-0.25, -0.2) is 4.79 Å². The lowest BCUT2D eigenvalue weighted by Crippen LogP contribution is -2.48. The fourth-order valence-corrected chi connectivity index (χ4v) is 6.46. The minimum Gasteiger partial charge on any atom is -0.484 e. The maximum absolute atomic E-state index is 13.3. The number of allylic oxidation sites excluding steroid dienone is 2. The Morgan fingerprint density at radius 2 is 2.00 bits per heavy atom. The number of hydrogen-bond donors (Lipinski definition) is 1. The summed E-state index contributed by atoms with van der Waals surface area (Å²) < 4.78 is 6.46. The fraction of sp³-hybridized carbons (Fsp3) is 0.467. The van der Waals surface area contributed by atoms with Gasteiger partial charge in [-0.1, -0.05) is 30.7 Å². The van der Waals surface area contributed by atoms with Gasteiger partial charge >= 0.3 is 6.03 Å². The van der Waals surface area contributed by atoms with Gasteiger partial charge in [-0.2, -0.15) is 0 Å². The second-order valence-electron chi connectivity index (χ2n) is 11.5. The zero-order valence-corrected chi connectivity index (χ0v) is 20.6. The Kier molecular flexibility index (Phi) is 4.67. The summed E-state index contributed by atoms with van der Waals surface area (Å²) in [6, 6.07) is 10.3. The van der Waals surface area contributed by atoms with Gasteiger partial charge in [-0.05, 0) is 98.0 Å². The number of fused-ring (bicyclic) bond motifs is 2. The highest BCUT2D eigenvalue weighted by atomic mass is 16.5. The molecule has 3 aliphatic carbocycles. The molecule has 35 heavy (non-hydrogen) atoms. The van der Waals surface area contributed by atoms with Crippen molar-refractivity contribution in [3.63, 3.8) is 0 Å². The van der Waals surface area contributed by atoms with E-state index in [9.17, 15) is 4.79 Å². The number of rotatable bonds is 4. The van der Waals surface area contributed by atoms with Gasteiger partial charge in [0, 0.05) is 23.6 Å². The maximum Gasteiger partial charge on any atom is 0.326 e. The van der Waals surface area contributed by atoms with Crippen LogP contribution >= 0.6 is 0 Å². The Hall–Kier alpha value is -3.08. The first-order valence-corrected chi connectivity index (χ1v) is 13.2. The normalized spacial score (nSPS) is 28.1. The molecule has 7 rings (SSSR count). The predicted molar refractivity (Wildman–Crippen MR) is 136 cm³/mol. The van der Waals surface area contributed by atoms with Crippen LogP contribution in [0.25, 0.3) is 0 Å². The number of nitrogens with one attached hydrogen (secondary N) is 1. The second kappa shape index (κ2) is 7.71. The van der Waals surface area contributed by atoms with E-state index in [1.807, 2.05) is 17.2 Å². The van der Waals surface area contributed by atoms with Crippen molar-refractivity contribution in [1.29, 1.82) is 0 Å². The molecule has 3 heterocycles. The minimum atomic E-state index is -0.0497. The average Bonchev–Trinajstić information content (AvgIpc) is 3.76. The smallest absolute Gasteiger partial charge is 0.326 e. The molecule has 2 aliphatic heterocycles. The number of hydrogen-bond acceptors (Lipinski definition) is 3. The highest BCUT2D eigenvalue weighted by Gasteiger charge is 2.47. The third-order valence-electron chi connectivity index (χ3n) is 8.80. The Labute approximate surface area is 207 Å². The topological polar surface area (TPSA) is 54.5 Å². The Bertz CT molecular complexity index is 1290. The van der Waals surface area contributed by atoms with Crippen LogP contribution in [0.3, 0.4) is 0 Å². The zero-order valence-electron chi connectivity index (χ0n) is 20.6. The molecule has 180 valence electrons. The molecule has 0 radical (unpaired) electrons. The summed E-state index contributed by atoms with van der Waals surface area (Å²) in [4.78, 5) is 19.8. The van der Waals surface area contributed by atoms with Crippen LogP contribution in [-0.4, -0.2) is 17.6 Å².